The van der Waals surface area contributed by atoms with Gasteiger partial charge in [-0.15, -0.1) is 5.10 Å². The Morgan fingerprint density at radius 1 is 1.05 bits per heavy atom. The van der Waals surface area contributed by atoms with Gasteiger partial charge in [0.1, 0.15) is 23.5 Å². The quantitative estimate of drug-likeness (QED) is 0.308. The molecule has 0 unspecified atom stereocenters. The smallest absolute Gasteiger partial charge is 0.254 e. The molecule has 0 fully saturated rings. The monoisotopic (exact) mass is 624 g/mol. The second-order valence-corrected chi connectivity index (χ2v) is 12.9. The number of carbonyl (C=O) groups is 1. The minimum atomic E-state index is -0.330. The molecule has 1 aliphatic rings. The third-order valence-electron chi connectivity index (χ3n) is 7.89. The van der Waals surface area contributed by atoms with Crippen LogP contribution in [-0.2, 0) is 10.0 Å². The Labute approximate surface area is 267 Å². The van der Waals surface area contributed by atoms with Crippen molar-refractivity contribution in [2.45, 2.75) is 37.5 Å². The zero-order valence-electron chi connectivity index (χ0n) is 24.8. The predicted octanol–water partition coefficient (Wildman–Crippen LogP) is 2.48. The first-order chi connectivity index (χ1) is 21.0. The van der Waals surface area contributed by atoms with E-state index in [0.717, 1.165) is 23.2 Å². The first-order valence-corrected chi connectivity index (χ1v) is 15.2. The molecule has 220 valence electrons. The molecule has 0 radical (unpaired) electrons. The highest BCUT2D eigenvalue weighted by atomic mass is 35.5. The van der Waals surface area contributed by atoms with Crippen LogP contribution in [0, 0.1) is 5.92 Å². The lowest BCUT2D eigenvalue weighted by molar-refractivity contribution is -0.119. The molecular weight excluding hydrogens is 596 g/mol. The molecular formula is C29H29B3Cl2N8O2. The van der Waals surface area contributed by atoms with Crippen LogP contribution >= 0.6 is 23.2 Å². The number of benzene rings is 2. The van der Waals surface area contributed by atoms with E-state index >= 15 is 0 Å². The largest absolute Gasteiger partial charge is 0.323 e. The van der Waals surface area contributed by atoms with Crippen LogP contribution in [0.15, 0.2) is 72.0 Å². The van der Waals surface area contributed by atoms with E-state index in [2.05, 4.69) is 50.3 Å². The van der Waals surface area contributed by atoms with Gasteiger partial charge >= 0.3 is 0 Å². The maximum absolute atomic E-state index is 13.8. The third-order valence-corrected chi connectivity index (χ3v) is 8.30. The van der Waals surface area contributed by atoms with E-state index in [1.807, 2.05) is 29.8 Å². The average molecular weight is 625 g/mol. The number of nitrogens with zero attached hydrogens (tertiary/aromatic N) is 7. The summed E-state index contributed by atoms with van der Waals surface area (Å²) in [4.78, 5) is 31.7. The number of aromatic nitrogens is 7. The summed E-state index contributed by atoms with van der Waals surface area (Å²) < 4.78 is 5.12. The van der Waals surface area contributed by atoms with Crippen molar-refractivity contribution in [2.75, 3.05) is 5.32 Å². The molecule has 44 heavy (non-hydrogen) atoms. The SMILES string of the molecule is BC(B)(B)n1ncc2c1-c1cccc(c1)[C@@H](n1cnc(-c3cc(Cl)ccc3-n3cc(Cl)nn3)cc1=O)CCC[C@@H](C)C(=O)N2. The Bertz CT molecular complexity index is 1930. The Balaban J connectivity index is 1.46. The van der Waals surface area contributed by atoms with E-state index in [0.29, 0.717) is 40.5 Å². The van der Waals surface area contributed by atoms with Gasteiger partial charge in [0, 0.05) is 28.1 Å². The van der Waals surface area contributed by atoms with Crippen LogP contribution in [0.4, 0.5) is 5.69 Å². The van der Waals surface area contributed by atoms with Crippen molar-refractivity contribution in [3.63, 3.8) is 0 Å². The molecule has 10 nitrogen and oxygen atoms in total. The number of amides is 1. The van der Waals surface area contributed by atoms with E-state index in [4.69, 9.17) is 28.2 Å². The maximum Gasteiger partial charge on any atom is 0.254 e. The van der Waals surface area contributed by atoms with Crippen LogP contribution in [-0.4, -0.2) is 63.8 Å². The van der Waals surface area contributed by atoms with Crippen molar-refractivity contribution in [1.82, 2.24) is 34.3 Å². The van der Waals surface area contributed by atoms with E-state index in [1.54, 1.807) is 41.5 Å². The van der Waals surface area contributed by atoms with E-state index in [-0.39, 0.29) is 33.8 Å². The summed E-state index contributed by atoms with van der Waals surface area (Å²) in [6, 6.07) is 14.5. The number of carbonyl (C=O) groups excluding carboxylic acids is 1. The van der Waals surface area contributed by atoms with Gasteiger partial charge in [0.05, 0.1) is 47.5 Å². The van der Waals surface area contributed by atoms with Crippen LogP contribution < -0.4 is 10.9 Å². The van der Waals surface area contributed by atoms with Gasteiger partial charge in [-0.1, -0.05) is 60.0 Å². The topological polar surface area (TPSA) is 113 Å². The molecule has 0 spiro atoms. The number of rotatable bonds is 4. The molecule has 2 aromatic carbocycles. The molecule has 2 bridgehead atoms. The van der Waals surface area contributed by atoms with Gasteiger partial charge in [-0.2, -0.15) is 5.10 Å². The van der Waals surface area contributed by atoms with Crippen LogP contribution in [0.2, 0.25) is 10.2 Å². The van der Waals surface area contributed by atoms with Gasteiger partial charge in [0.15, 0.2) is 5.15 Å². The molecule has 1 amide bonds. The summed E-state index contributed by atoms with van der Waals surface area (Å²) >= 11 is 12.4. The average Bonchev–Trinajstić information content (AvgIpc) is 3.61. The molecule has 4 heterocycles. The maximum atomic E-state index is 13.8. The highest BCUT2D eigenvalue weighted by Crippen LogP contribution is 2.35. The molecule has 0 saturated heterocycles. The number of nitrogens with one attached hydrogen (secondary N) is 1. The molecule has 1 N–H and O–H groups in total. The van der Waals surface area contributed by atoms with E-state index < -0.39 is 0 Å². The van der Waals surface area contributed by atoms with Crippen molar-refractivity contribution in [3.05, 3.63) is 93.3 Å². The second-order valence-electron chi connectivity index (χ2n) is 12.1. The molecule has 15 heteroatoms. The van der Waals surface area contributed by atoms with E-state index in [9.17, 15) is 9.59 Å². The molecule has 3 aromatic heterocycles. The van der Waals surface area contributed by atoms with Gasteiger partial charge in [0.25, 0.3) is 5.56 Å². The number of hydrogen-bond acceptors (Lipinski definition) is 6. The first-order valence-electron chi connectivity index (χ1n) is 14.5. The van der Waals surface area contributed by atoms with Gasteiger partial charge < -0.3 is 5.32 Å². The molecule has 5 aromatic rings. The number of hydrogen-bond donors (Lipinski definition) is 1. The number of anilines is 1. The van der Waals surface area contributed by atoms with Gasteiger partial charge in [-0.05, 0) is 47.9 Å². The summed E-state index contributed by atoms with van der Waals surface area (Å²) in [7, 11) is 6.22. The fourth-order valence-corrected chi connectivity index (χ4v) is 5.95. The molecule has 2 atom stereocenters. The van der Waals surface area contributed by atoms with Gasteiger partial charge in [0.2, 0.25) is 5.91 Å². The van der Waals surface area contributed by atoms with Crippen LogP contribution in [0.1, 0.15) is 37.8 Å². The number of halogens is 2. The Hall–Kier alpha value is -4.09. The van der Waals surface area contributed by atoms with E-state index in [1.165, 1.54) is 10.7 Å². The highest BCUT2D eigenvalue weighted by molar-refractivity contribution is 6.56. The Kier molecular flexibility index (Phi) is 8.02. The Morgan fingerprint density at radius 3 is 2.59 bits per heavy atom. The minimum Gasteiger partial charge on any atom is -0.323 e. The zero-order chi connectivity index (χ0) is 31.2. The highest BCUT2D eigenvalue weighted by Gasteiger charge is 2.27. The zero-order valence-corrected chi connectivity index (χ0v) is 26.3. The lowest BCUT2D eigenvalue weighted by atomic mass is 9.49. The van der Waals surface area contributed by atoms with Crippen LogP contribution in [0.25, 0.3) is 28.2 Å². The summed E-state index contributed by atoms with van der Waals surface area (Å²) in [5.74, 6) is -0.273. The second kappa shape index (κ2) is 11.8. The lowest BCUT2D eigenvalue weighted by Crippen LogP contribution is -2.36. The van der Waals surface area contributed by atoms with Crippen molar-refractivity contribution in [1.29, 1.82) is 0 Å². The fourth-order valence-electron chi connectivity index (χ4n) is 5.66. The molecule has 0 aliphatic carbocycles. The first kappa shape index (κ1) is 30.0. The van der Waals surface area contributed by atoms with Gasteiger partial charge in [-0.3, -0.25) is 18.8 Å². The summed E-state index contributed by atoms with van der Waals surface area (Å²) in [6.45, 7) is 1.93. The minimum absolute atomic E-state index is 0.0535. The fraction of sp³-hybridized carbons (Fsp3) is 0.241. The number of fused-ring (bicyclic) bond motifs is 4. The predicted molar refractivity (Wildman–Crippen MR) is 180 cm³/mol. The van der Waals surface area contributed by atoms with Crippen molar-refractivity contribution < 1.29 is 4.79 Å². The van der Waals surface area contributed by atoms with Gasteiger partial charge in [-0.25, -0.2) is 9.67 Å². The normalized spacial score (nSPS) is 17.3. The summed E-state index contributed by atoms with van der Waals surface area (Å²) in [5.41, 5.74) is 4.83. The molecule has 6 rings (SSSR count). The van der Waals surface area contributed by atoms with Crippen molar-refractivity contribution >= 4 is 58.3 Å². The van der Waals surface area contributed by atoms with Crippen molar-refractivity contribution in [3.8, 4) is 28.2 Å². The van der Waals surface area contributed by atoms with Crippen LogP contribution in [0.5, 0.6) is 0 Å². The summed E-state index contributed by atoms with van der Waals surface area (Å²) in [6.07, 6.45) is 6.92. The Morgan fingerprint density at radius 2 is 1.86 bits per heavy atom. The standard InChI is InChI=1S/C29H29B3Cl2N8O2/c1-16-4-2-7-23(17-5-3-6-18(10-17)27-22(37-28(16)44)13-36-42(27)29(30,31)32)40-15-35-21(12-26(40)43)20-11-19(33)8-9-24(20)41-14-25(34)38-39-41/h3,5-6,8-16,23H,2,4,7,30-32H2,1H3,(H,37,44)/t16-,23+/m1/s1. The third kappa shape index (κ3) is 5.86. The summed E-state index contributed by atoms with van der Waals surface area (Å²) in [5, 5.41) is 16.1. The molecule has 0 saturated carbocycles. The molecule has 1 aliphatic heterocycles. The van der Waals surface area contributed by atoms with Crippen LogP contribution in [0.3, 0.4) is 0 Å². The lowest BCUT2D eigenvalue weighted by Gasteiger charge is -2.26. The van der Waals surface area contributed by atoms with Crippen molar-refractivity contribution in [2.24, 2.45) is 5.92 Å².